The molecule has 1 aliphatic rings. The first-order chi connectivity index (χ1) is 9.65. The van der Waals surface area contributed by atoms with Gasteiger partial charge >= 0.3 is 0 Å². The summed E-state index contributed by atoms with van der Waals surface area (Å²) < 4.78 is 15.6. The fourth-order valence-corrected chi connectivity index (χ4v) is 2.80. The molecule has 3 rings (SSSR count). The Bertz CT molecular complexity index is 593. The van der Waals surface area contributed by atoms with Crippen molar-refractivity contribution in [1.82, 2.24) is 20.2 Å². The van der Waals surface area contributed by atoms with Crippen LogP contribution in [0, 0.1) is 18.7 Å². The van der Waals surface area contributed by atoms with Crippen LogP contribution < -0.4 is 5.73 Å². The molecule has 0 amide bonds. The van der Waals surface area contributed by atoms with Crippen LogP contribution in [0.1, 0.15) is 31.2 Å². The topological polar surface area (TPSA) is 69.6 Å². The van der Waals surface area contributed by atoms with Gasteiger partial charge in [0.15, 0.2) is 5.82 Å². The first kappa shape index (κ1) is 13.0. The molecule has 1 aromatic carbocycles. The summed E-state index contributed by atoms with van der Waals surface area (Å²) in [4.78, 5) is 0. The van der Waals surface area contributed by atoms with E-state index in [1.807, 2.05) is 0 Å². The molecule has 2 N–H and O–H groups in total. The van der Waals surface area contributed by atoms with Gasteiger partial charge in [-0.1, -0.05) is 12.8 Å². The van der Waals surface area contributed by atoms with Gasteiger partial charge in [0.2, 0.25) is 0 Å². The summed E-state index contributed by atoms with van der Waals surface area (Å²) in [6.07, 6.45) is 4.97. The van der Waals surface area contributed by atoms with Crippen molar-refractivity contribution in [3.63, 3.8) is 0 Å². The lowest BCUT2D eigenvalue weighted by atomic mass is 10.1. The molecule has 20 heavy (non-hydrogen) atoms. The fraction of sp³-hybridized carbons (Fsp3) is 0.500. The molecule has 0 radical (unpaired) electrons. The van der Waals surface area contributed by atoms with Gasteiger partial charge in [-0.3, -0.25) is 0 Å². The minimum absolute atomic E-state index is 0.324. The molecule has 0 aliphatic heterocycles. The zero-order valence-electron chi connectivity index (χ0n) is 11.5. The third-order valence-electron chi connectivity index (χ3n) is 4.08. The van der Waals surface area contributed by atoms with Crippen LogP contribution in [0.25, 0.3) is 11.4 Å². The highest BCUT2D eigenvalue weighted by molar-refractivity contribution is 5.63. The van der Waals surface area contributed by atoms with Crippen LogP contribution in [-0.4, -0.2) is 20.2 Å². The van der Waals surface area contributed by atoms with Crippen molar-refractivity contribution in [1.29, 1.82) is 0 Å². The van der Waals surface area contributed by atoms with Crippen molar-refractivity contribution in [2.24, 2.45) is 5.92 Å². The van der Waals surface area contributed by atoms with Gasteiger partial charge in [0.25, 0.3) is 0 Å². The SMILES string of the molecule is Cc1c(N)cc(-c2nnnn2CC2CCCC2)cc1F. The molecular formula is C14H18FN5. The molecule has 1 saturated carbocycles. The summed E-state index contributed by atoms with van der Waals surface area (Å²) >= 11 is 0. The second kappa shape index (κ2) is 5.19. The first-order valence-corrected chi connectivity index (χ1v) is 6.97. The van der Waals surface area contributed by atoms with Gasteiger partial charge in [-0.25, -0.2) is 9.07 Å². The molecule has 0 bridgehead atoms. The first-order valence-electron chi connectivity index (χ1n) is 6.97. The number of nitrogens with two attached hydrogens (primary N) is 1. The van der Waals surface area contributed by atoms with E-state index in [2.05, 4.69) is 15.5 Å². The summed E-state index contributed by atoms with van der Waals surface area (Å²) in [7, 11) is 0. The smallest absolute Gasteiger partial charge is 0.182 e. The standard InChI is InChI=1S/C14H18FN5/c1-9-12(15)6-11(7-13(9)16)14-17-18-19-20(14)8-10-4-2-3-5-10/h6-7,10H,2-5,8,16H2,1H3. The third-order valence-corrected chi connectivity index (χ3v) is 4.08. The number of hydrogen-bond acceptors (Lipinski definition) is 4. The largest absolute Gasteiger partial charge is 0.398 e. The lowest BCUT2D eigenvalue weighted by Gasteiger charge is -2.11. The molecule has 1 heterocycles. The van der Waals surface area contributed by atoms with Crippen molar-refractivity contribution in [3.05, 3.63) is 23.5 Å². The second-order valence-electron chi connectivity index (χ2n) is 5.51. The number of aromatic nitrogens is 4. The van der Waals surface area contributed by atoms with Gasteiger partial charge in [-0.2, -0.15) is 0 Å². The van der Waals surface area contributed by atoms with Crippen molar-refractivity contribution in [2.75, 3.05) is 5.73 Å². The van der Waals surface area contributed by atoms with Crippen molar-refractivity contribution in [3.8, 4) is 11.4 Å². The van der Waals surface area contributed by atoms with Crippen LogP contribution in [-0.2, 0) is 6.54 Å². The van der Waals surface area contributed by atoms with Gasteiger partial charge in [0.05, 0.1) is 0 Å². The van der Waals surface area contributed by atoms with Crippen LogP contribution >= 0.6 is 0 Å². The average Bonchev–Trinajstić information content (AvgIpc) is 3.07. The Hall–Kier alpha value is -1.98. The van der Waals surface area contributed by atoms with E-state index < -0.39 is 0 Å². The highest BCUT2D eigenvalue weighted by atomic mass is 19.1. The van der Waals surface area contributed by atoms with Crippen molar-refractivity contribution >= 4 is 5.69 Å². The molecule has 0 atom stereocenters. The quantitative estimate of drug-likeness (QED) is 0.874. The summed E-state index contributed by atoms with van der Waals surface area (Å²) in [5.41, 5.74) is 7.34. The number of tetrazole rings is 1. The number of nitrogen functional groups attached to an aromatic ring is 1. The predicted molar refractivity (Wildman–Crippen MR) is 74.3 cm³/mol. The van der Waals surface area contributed by atoms with Crippen molar-refractivity contribution < 1.29 is 4.39 Å². The molecule has 1 aromatic heterocycles. The molecule has 6 heteroatoms. The Morgan fingerprint density at radius 1 is 1.35 bits per heavy atom. The Balaban J connectivity index is 1.92. The Morgan fingerprint density at radius 3 is 2.80 bits per heavy atom. The van der Waals surface area contributed by atoms with Gasteiger partial charge in [-0.05, 0) is 48.2 Å². The predicted octanol–water partition coefficient (Wildman–Crippen LogP) is 2.56. The molecule has 2 aromatic rings. The number of halogens is 1. The molecule has 1 aliphatic carbocycles. The highest BCUT2D eigenvalue weighted by Crippen LogP contribution is 2.28. The lowest BCUT2D eigenvalue weighted by Crippen LogP contribution is -2.10. The zero-order valence-corrected chi connectivity index (χ0v) is 11.5. The van der Waals surface area contributed by atoms with E-state index in [0.717, 1.165) is 6.54 Å². The van der Waals surface area contributed by atoms with Crippen molar-refractivity contribution in [2.45, 2.75) is 39.2 Å². The normalized spacial score (nSPS) is 15.9. The van der Waals surface area contributed by atoms with E-state index in [0.29, 0.717) is 28.6 Å². The van der Waals surface area contributed by atoms with E-state index in [9.17, 15) is 4.39 Å². The number of rotatable bonds is 3. The summed E-state index contributed by atoms with van der Waals surface area (Å²) in [5.74, 6) is 0.878. The van der Waals surface area contributed by atoms with Gasteiger partial charge in [0.1, 0.15) is 5.82 Å². The van der Waals surface area contributed by atoms with E-state index in [-0.39, 0.29) is 5.82 Å². The molecule has 1 fully saturated rings. The maximum absolute atomic E-state index is 13.8. The van der Waals surface area contributed by atoms with Crippen LogP contribution in [0.3, 0.4) is 0 Å². The van der Waals surface area contributed by atoms with E-state index in [1.54, 1.807) is 17.7 Å². The molecule has 106 valence electrons. The summed E-state index contributed by atoms with van der Waals surface area (Å²) in [6, 6.07) is 3.18. The van der Waals surface area contributed by atoms with Gasteiger partial charge < -0.3 is 5.73 Å². The fourth-order valence-electron chi connectivity index (χ4n) is 2.80. The highest BCUT2D eigenvalue weighted by Gasteiger charge is 2.19. The number of hydrogen-bond donors (Lipinski definition) is 1. The molecule has 0 spiro atoms. The molecular weight excluding hydrogens is 257 g/mol. The number of benzene rings is 1. The average molecular weight is 275 g/mol. The monoisotopic (exact) mass is 275 g/mol. The minimum Gasteiger partial charge on any atom is -0.398 e. The molecule has 5 nitrogen and oxygen atoms in total. The lowest BCUT2D eigenvalue weighted by molar-refractivity contribution is 0.424. The summed E-state index contributed by atoms with van der Waals surface area (Å²) in [6.45, 7) is 2.45. The van der Waals surface area contributed by atoms with Crippen LogP contribution in [0.2, 0.25) is 0 Å². The Kier molecular flexibility index (Phi) is 3.38. The zero-order chi connectivity index (χ0) is 14.1. The Labute approximate surface area is 117 Å². The minimum atomic E-state index is -0.324. The van der Waals surface area contributed by atoms with E-state index >= 15 is 0 Å². The van der Waals surface area contributed by atoms with Crippen LogP contribution in [0.4, 0.5) is 10.1 Å². The summed E-state index contributed by atoms with van der Waals surface area (Å²) in [5, 5.41) is 11.8. The third kappa shape index (κ3) is 2.37. The van der Waals surface area contributed by atoms with Crippen LogP contribution in [0.5, 0.6) is 0 Å². The van der Waals surface area contributed by atoms with Gasteiger partial charge in [-0.15, -0.1) is 5.10 Å². The van der Waals surface area contributed by atoms with E-state index in [1.165, 1.54) is 31.7 Å². The molecule has 0 unspecified atom stereocenters. The second-order valence-corrected chi connectivity index (χ2v) is 5.51. The molecule has 0 saturated heterocycles. The van der Waals surface area contributed by atoms with Crippen LogP contribution in [0.15, 0.2) is 12.1 Å². The maximum atomic E-state index is 13.8. The van der Waals surface area contributed by atoms with E-state index in [4.69, 9.17) is 5.73 Å². The number of anilines is 1. The maximum Gasteiger partial charge on any atom is 0.182 e. The Morgan fingerprint density at radius 2 is 2.10 bits per heavy atom. The number of nitrogens with zero attached hydrogens (tertiary/aromatic N) is 4. The van der Waals surface area contributed by atoms with Gasteiger partial charge in [0, 0.05) is 23.4 Å².